The molecule has 0 radical (unpaired) electrons. The second-order valence-corrected chi connectivity index (χ2v) is 8.33. The SMILES string of the molecule is CCOC(=O)C1c2cccc(OC(=O)Nc3ccccc3)c2C2CN1C(=O)N2OCc1ccccc1. The van der Waals surface area contributed by atoms with Crippen LogP contribution in [0.5, 0.6) is 5.75 Å². The number of ether oxygens (including phenoxy) is 2. The Hall–Kier alpha value is -4.37. The fourth-order valence-corrected chi connectivity index (χ4v) is 4.54. The molecule has 0 aliphatic carbocycles. The number of hydrogen-bond donors (Lipinski definition) is 1. The van der Waals surface area contributed by atoms with E-state index in [9.17, 15) is 14.4 Å². The number of nitrogens with zero attached hydrogens (tertiary/aromatic N) is 2. The number of anilines is 1. The van der Waals surface area contributed by atoms with E-state index in [2.05, 4.69) is 5.32 Å². The molecule has 184 valence electrons. The van der Waals surface area contributed by atoms with Crippen molar-refractivity contribution in [3.05, 3.63) is 95.6 Å². The van der Waals surface area contributed by atoms with Crippen LogP contribution in [0.1, 0.15) is 35.7 Å². The van der Waals surface area contributed by atoms with Gasteiger partial charge in [0.15, 0.2) is 6.04 Å². The molecule has 2 atom stereocenters. The van der Waals surface area contributed by atoms with Crippen molar-refractivity contribution in [3.63, 3.8) is 0 Å². The number of benzene rings is 3. The number of hydrogen-bond acceptors (Lipinski definition) is 6. The van der Waals surface area contributed by atoms with Crippen molar-refractivity contribution in [2.45, 2.75) is 25.6 Å². The third-order valence-electron chi connectivity index (χ3n) is 6.07. The van der Waals surface area contributed by atoms with E-state index in [0.717, 1.165) is 5.56 Å². The number of amides is 3. The number of urea groups is 1. The van der Waals surface area contributed by atoms with Crippen LogP contribution in [-0.4, -0.2) is 41.2 Å². The number of esters is 1. The number of hydroxylamine groups is 2. The Kier molecular flexibility index (Phi) is 6.55. The van der Waals surface area contributed by atoms with Crippen molar-refractivity contribution in [1.82, 2.24) is 9.96 Å². The first-order valence-corrected chi connectivity index (χ1v) is 11.7. The highest BCUT2D eigenvalue weighted by molar-refractivity contribution is 5.90. The average Bonchev–Trinajstić information content (AvgIpc) is 3.15. The summed E-state index contributed by atoms with van der Waals surface area (Å²) in [6.07, 6.45) is -0.689. The monoisotopic (exact) mass is 487 g/mol. The summed E-state index contributed by atoms with van der Waals surface area (Å²) in [4.78, 5) is 46.4. The third-order valence-corrected chi connectivity index (χ3v) is 6.07. The lowest BCUT2D eigenvalue weighted by atomic mass is 9.90. The fraction of sp³-hybridized carbons (Fsp3) is 0.222. The summed E-state index contributed by atoms with van der Waals surface area (Å²) in [6, 6.07) is 21.4. The molecule has 2 unspecified atom stereocenters. The lowest BCUT2D eigenvalue weighted by Gasteiger charge is -2.32. The van der Waals surface area contributed by atoms with Crippen LogP contribution in [0.4, 0.5) is 15.3 Å². The quantitative estimate of drug-likeness (QED) is 0.480. The molecule has 0 saturated carbocycles. The van der Waals surface area contributed by atoms with Gasteiger partial charge in [-0.3, -0.25) is 10.2 Å². The minimum atomic E-state index is -0.977. The van der Waals surface area contributed by atoms with E-state index >= 15 is 0 Å². The topological polar surface area (TPSA) is 97.4 Å². The average molecular weight is 488 g/mol. The number of para-hydroxylation sites is 1. The Morgan fingerprint density at radius 3 is 2.42 bits per heavy atom. The zero-order valence-corrected chi connectivity index (χ0v) is 19.6. The lowest BCUT2D eigenvalue weighted by molar-refractivity contribution is -0.149. The summed E-state index contributed by atoms with van der Waals surface area (Å²) < 4.78 is 11.0. The third kappa shape index (κ3) is 4.48. The van der Waals surface area contributed by atoms with Gasteiger partial charge in [0.2, 0.25) is 0 Å². The molecule has 2 aliphatic rings. The van der Waals surface area contributed by atoms with E-state index in [-0.39, 0.29) is 25.5 Å². The van der Waals surface area contributed by atoms with E-state index in [0.29, 0.717) is 16.8 Å². The molecule has 3 aromatic carbocycles. The highest BCUT2D eigenvalue weighted by Crippen LogP contribution is 2.48. The van der Waals surface area contributed by atoms with Crippen molar-refractivity contribution in [1.29, 1.82) is 0 Å². The Bertz CT molecular complexity index is 1270. The second kappa shape index (κ2) is 10.1. The summed E-state index contributed by atoms with van der Waals surface area (Å²) in [5.74, 6) is -0.316. The molecular formula is C27H25N3O6. The molecule has 2 aliphatic heterocycles. The predicted octanol–water partition coefficient (Wildman–Crippen LogP) is 4.83. The lowest BCUT2D eigenvalue weighted by Crippen LogP contribution is -2.39. The molecule has 0 aromatic heterocycles. The highest BCUT2D eigenvalue weighted by atomic mass is 16.7. The van der Waals surface area contributed by atoms with Gasteiger partial charge in [0.25, 0.3) is 0 Å². The zero-order chi connectivity index (χ0) is 25.1. The minimum Gasteiger partial charge on any atom is -0.464 e. The molecule has 0 spiro atoms. The molecule has 1 N–H and O–H groups in total. The van der Waals surface area contributed by atoms with Gasteiger partial charge in [0.05, 0.1) is 13.2 Å². The Labute approximate surface area is 208 Å². The molecule has 9 nitrogen and oxygen atoms in total. The Morgan fingerprint density at radius 1 is 0.972 bits per heavy atom. The molecular weight excluding hydrogens is 462 g/mol. The van der Waals surface area contributed by atoms with Gasteiger partial charge in [0.1, 0.15) is 18.4 Å². The van der Waals surface area contributed by atoms with E-state index < -0.39 is 30.2 Å². The van der Waals surface area contributed by atoms with Crippen LogP contribution in [0.15, 0.2) is 78.9 Å². The van der Waals surface area contributed by atoms with Crippen LogP contribution in [0.3, 0.4) is 0 Å². The normalized spacial score (nSPS) is 18.0. The van der Waals surface area contributed by atoms with Crippen molar-refractivity contribution in [2.75, 3.05) is 18.5 Å². The van der Waals surface area contributed by atoms with Gasteiger partial charge in [-0.15, -0.1) is 0 Å². The van der Waals surface area contributed by atoms with Crippen LogP contribution in [-0.2, 0) is 21.0 Å². The minimum absolute atomic E-state index is 0.161. The van der Waals surface area contributed by atoms with E-state index in [4.69, 9.17) is 14.3 Å². The molecule has 3 amide bonds. The first-order valence-electron chi connectivity index (χ1n) is 11.7. The van der Waals surface area contributed by atoms with E-state index in [1.807, 2.05) is 36.4 Å². The molecule has 2 bridgehead atoms. The van der Waals surface area contributed by atoms with Crippen LogP contribution < -0.4 is 10.1 Å². The number of nitrogens with one attached hydrogen (secondary N) is 1. The highest BCUT2D eigenvalue weighted by Gasteiger charge is 2.52. The van der Waals surface area contributed by atoms with Gasteiger partial charge in [-0.1, -0.05) is 60.7 Å². The first kappa shape index (κ1) is 23.4. The second-order valence-electron chi connectivity index (χ2n) is 8.33. The van der Waals surface area contributed by atoms with Crippen LogP contribution in [0.25, 0.3) is 0 Å². The zero-order valence-electron chi connectivity index (χ0n) is 19.6. The van der Waals surface area contributed by atoms with Crippen molar-refractivity contribution in [2.24, 2.45) is 0 Å². The molecule has 36 heavy (non-hydrogen) atoms. The standard InChI is InChI=1S/C27H25N3O6/c1-2-34-25(31)24-20-14-9-15-22(36-26(32)28-19-12-7-4-8-13-19)23(20)21-16-29(24)27(33)30(21)35-17-18-10-5-3-6-11-18/h3-15,21,24H,2,16-17H2,1H3,(H,28,32). The van der Waals surface area contributed by atoms with Gasteiger partial charge >= 0.3 is 18.1 Å². The van der Waals surface area contributed by atoms with Crippen LogP contribution >= 0.6 is 0 Å². The summed E-state index contributed by atoms with van der Waals surface area (Å²) >= 11 is 0. The van der Waals surface area contributed by atoms with E-state index in [1.165, 1.54) is 9.96 Å². The predicted molar refractivity (Wildman–Crippen MR) is 130 cm³/mol. The van der Waals surface area contributed by atoms with Crippen LogP contribution in [0, 0.1) is 0 Å². The summed E-state index contributed by atoms with van der Waals surface area (Å²) in [5.41, 5.74) is 2.53. The van der Waals surface area contributed by atoms with Crippen LogP contribution in [0.2, 0.25) is 0 Å². The summed E-state index contributed by atoms with van der Waals surface area (Å²) in [5, 5.41) is 3.94. The molecule has 9 heteroatoms. The maximum atomic E-state index is 13.4. The van der Waals surface area contributed by atoms with Gasteiger partial charge < -0.3 is 14.4 Å². The first-order chi connectivity index (χ1) is 17.6. The maximum Gasteiger partial charge on any atom is 0.417 e. The van der Waals surface area contributed by atoms with Crippen molar-refractivity contribution < 1.29 is 28.7 Å². The van der Waals surface area contributed by atoms with Gasteiger partial charge in [-0.05, 0) is 36.2 Å². The molecule has 2 heterocycles. The Morgan fingerprint density at radius 2 is 1.69 bits per heavy atom. The van der Waals surface area contributed by atoms with Gasteiger partial charge in [0, 0.05) is 11.3 Å². The maximum absolute atomic E-state index is 13.4. The Balaban J connectivity index is 1.47. The summed E-state index contributed by atoms with van der Waals surface area (Å²) in [6.45, 7) is 2.22. The summed E-state index contributed by atoms with van der Waals surface area (Å²) in [7, 11) is 0. The number of fused-ring (bicyclic) bond motifs is 4. The fourth-order valence-electron chi connectivity index (χ4n) is 4.54. The molecule has 1 fully saturated rings. The number of carbonyl (C=O) groups excluding carboxylic acids is 3. The van der Waals surface area contributed by atoms with Gasteiger partial charge in [-0.25, -0.2) is 14.4 Å². The number of carbonyl (C=O) groups is 3. The van der Waals surface area contributed by atoms with Gasteiger partial charge in [-0.2, -0.15) is 5.06 Å². The van der Waals surface area contributed by atoms with Crippen molar-refractivity contribution in [3.8, 4) is 5.75 Å². The van der Waals surface area contributed by atoms with Crippen molar-refractivity contribution >= 4 is 23.8 Å². The molecule has 3 aromatic rings. The molecule has 1 saturated heterocycles. The van der Waals surface area contributed by atoms with E-state index in [1.54, 1.807) is 49.4 Å². The largest absolute Gasteiger partial charge is 0.464 e. The number of rotatable bonds is 7. The molecule has 5 rings (SSSR count). The smallest absolute Gasteiger partial charge is 0.417 e.